The predicted molar refractivity (Wildman–Crippen MR) is 184 cm³/mol. The number of aromatic nitrogens is 4. The lowest BCUT2D eigenvalue weighted by Crippen LogP contribution is -2.57. The van der Waals surface area contributed by atoms with E-state index < -0.39 is 16.7 Å². The van der Waals surface area contributed by atoms with Gasteiger partial charge in [0.1, 0.15) is 5.57 Å². The van der Waals surface area contributed by atoms with Crippen molar-refractivity contribution in [3.8, 4) is 5.69 Å². The van der Waals surface area contributed by atoms with E-state index in [-0.39, 0.29) is 26.8 Å². The maximum Gasteiger partial charge on any atom is 0.283 e. The third-order valence-corrected chi connectivity index (χ3v) is 8.68. The first kappa shape index (κ1) is 31.5. The summed E-state index contributed by atoms with van der Waals surface area (Å²) in [7, 11) is 0. The molecule has 4 aromatic carbocycles. The number of rotatable bonds is 7. The number of amides is 2. The molecule has 1 fully saturated rings. The van der Waals surface area contributed by atoms with Crippen LogP contribution in [-0.4, -0.2) is 42.1 Å². The van der Waals surface area contributed by atoms with Gasteiger partial charge in [0.25, 0.3) is 17.5 Å². The molecule has 234 valence electrons. The Morgan fingerprint density at radius 1 is 0.766 bits per heavy atom. The van der Waals surface area contributed by atoms with E-state index in [1.807, 2.05) is 94.4 Å². The van der Waals surface area contributed by atoms with Crippen molar-refractivity contribution in [1.82, 2.24) is 20.2 Å². The molecule has 13 heteroatoms. The van der Waals surface area contributed by atoms with E-state index in [1.165, 1.54) is 26.6 Å². The number of nitro benzene ring substituents is 1. The van der Waals surface area contributed by atoms with Crippen molar-refractivity contribution in [2.24, 2.45) is 0 Å². The number of para-hydroxylation sites is 1. The van der Waals surface area contributed by atoms with Crippen LogP contribution < -0.4 is 9.80 Å². The summed E-state index contributed by atoms with van der Waals surface area (Å²) in [5.41, 5.74) is 5.23. The van der Waals surface area contributed by atoms with Crippen LogP contribution in [0.15, 0.2) is 101 Å². The topological polar surface area (TPSA) is 127 Å². The van der Waals surface area contributed by atoms with Gasteiger partial charge in [0.15, 0.2) is 5.11 Å². The summed E-state index contributed by atoms with van der Waals surface area (Å²) in [5.74, 6) is -1.26. The summed E-state index contributed by atoms with van der Waals surface area (Å²) in [5, 5.41) is 24.4. The highest BCUT2D eigenvalue weighted by molar-refractivity contribution is 7.99. The van der Waals surface area contributed by atoms with Crippen molar-refractivity contribution in [3.63, 3.8) is 0 Å². The van der Waals surface area contributed by atoms with Gasteiger partial charge in [-0.25, -0.2) is 0 Å². The van der Waals surface area contributed by atoms with Gasteiger partial charge in [-0.3, -0.25) is 29.5 Å². The molecule has 11 nitrogen and oxygen atoms in total. The molecule has 2 heterocycles. The van der Waals surface area contributed by atoms with Crippen molar-refractivity contribution in [3.05, 3.63) is 128 Å². The number of hydrogen-bond donors (Lipinski definition) is 0. The molecule has 1 aliphatic heterocycles. The smallest absolute Gasteiger partial charge is 0.268 e. The summed E-state index contributed by atoms with van der Waals surface area (Å²) in [6.07, 6.45) is 1.37. The van der Waals surface area contributed by atoms with Crippen LogP contribution in [0.3, 0.4) is 0 Å². The van der Waals surface area contributed by atoms with Gasteiger partial charge in [-0.2, -0.15) is 4.68 Å². The van der Waals surface area contributed by atoms with Gasteiger partial charge in [-0.05, 0) is 138 Å². The molecule has 6 rings (SSSR count). The maximum absolute atomic E-state index is 14.1. The fourth-order valence-electron chi connectivity index (χ4n) is 5.44. The van der Waals surface area contributed by atoms with Crippen molar-refractivity contribution >= 4 is 64.0 Å². The molecule has 0 spiro atoms. The highest BCUT2D eigenvalue weighted by Crippen LogP contribution is 2.37. The third kappa shape index (κ3) is 6.30. The van der Waals surface area contributed by atoms with Crippen LogP contribution in [0.2, 0.25) is 0 Å². The lowest BCUT2D eigenvalue weighted by molar-refractivity contribution is -0.387. The molecule has 1 saturated heterocycles. The molecule has 0 atom stereocenters. The number of carbonyl (C=O) groups excluding carboxylic acids is 2. The lowest BCUT2D eigenvalue weighted by Gasteiger charge is -2.37. The average molecular weight is 662 g/mol. The number of carbonyl (C=O) groups is 2. The van der Waals surface area contributed by atoms with Crippen LogP contribution in [-0.2, 0) is 9.59 Å². The Hall–Kier alpha value is -5.53. The monoisotopic (exact) mass is 661 g/mol. The molecule has 1 aliphatic rings. The Morgan fingerprint density at radius 2 is 1.32 bits per heavy atom. The summed E-state index contributed by atoms with van der Waals surface area (Å²) < 4.78 is 1.48. The van der Waals surface area contributed by atoms with Crippen LogP contribution in [0.5, 0.6) is 0 Å². The van der Waals surface area contributed by atoms with Crippen molar-refractivity contribution in [2.45, 2.75) is 37.7 Å². The molecule has 0 unspecified atom stereocenters. The van der Waals surface area contributed by atoms with Crippen molar-refractivity contribution < 1.29 is 14.5 Å². The van der Waals surface area contributed by atoms with Gasteiger partial charge in [0, 0.05) is 6.07 Å². The van der Waals surface area contributed by atoms with E-state index in [1.54, 1.807) is 12.1 Å². The standard InChI is InChI=1S/C34H27N7O4S2/c1-20-12-21(2)15-26(14-20)38-31(42)28(32(43)39(34(38)46)27-16-22(3)13-23(4)17-27)18-24-10-11-30(29(19-24)41(44)45)47-33-35-36-37-40(33)25-8-6-5-7-9-25/h5-19H,1-4H3. The van der Waals surface area contributed by atoms with Gasteiger partial charge in [0.05, 0.1) is 26.9 Å². The normalized spacial score (nSPS) is 13.4. The minimum atomic E-state index is -0.631. The Bertz CT molecular complexity index is 2010. The van der Waals surface area contributed by atoms with Crippen molar-refractivity contribution in [2.75, 3.05) is 9.80 Å². The van der Waals surface area contributed by atoms with Crippen LogP contribution in [0.25, 0.3) is 11.8 Å². The van der Waals surface area contributed by atoms with E-state index >= 15 is 0 Å². The highest BCUT2D eigenvalue weighted by atomic mass is 32.2. The molecule has 0 bridgehead atoms. The summed E-state index contributed by atoms with van der Waals surface area (Å²) in [6, 6.07) is 24.9. The molecule has 2 amide bonds. The molecule has 5 aromatic rings. The Labute approximate surface area is 279 Å². The van der Waals surface area contributed by atoms with Gasteiger partial charge in [0.2, 0.25) is 5.16 Å². The molecular formula is C34H27N7O4S2. The van der Waals surface area contributed by atoms with E-state index in [4.69, 9.17) is 12.2 Å². The largest absolute Gasteiger partial charge is 0.283 e. The second-order valence-corrected chi connectivity index (χ2v) is 12.5. The number of anilines is 2. The number of tetrazole rings is 1. The second-order valence-electron chi connectivity index (χ2n) is 11.1. The maximum atomic E-state index is 14.1. The zero-order valence-corrected chi connectivity index (χ0v) is 27.4. The molecule has 0 N–H and O–H groups in total. The van der Waals surface area contributed by atoms with E-state index in [0.29, 0.717) is 22.2 Å². The average Bonchev–Trinajstić information content (AvgIpc) is 3.47. The number of thiocarbonyl (C=S) groups is 1. The second kappa shape index (κ2) is 12.7. The Balaban J connectivity index is 1.43. The summed E-state index contributed by atoms with van der Waals surface area (Å²) in [6.45, 7) is 7.65. The first-order valence-corrected chi connectivity index (χ1v) is 15.6. The number of benzene rings is 4. The Kier molecular flexibility index (Phi) is 8.50. The zero-order valence-electron chi connectivity index (χ0n) is 25.7. The lowest BCUT2D eigenvalue weighted by atomic mass is 10.0. The fourth-order valence-corrected chi connectivity index (χ4v) is 6.69. The molecule has 1 aromatic heterocycles. The zero-order chi connectivity index (χ0) is 33.4. The number of hydrogen-bond acceptors (Lipinski definition) is 9. The van der Waals surface area contributed by atoms with E-state index in [2.05, 4.69) is 15.5 Å². The van der Waals surface area contributed by atoms with Gasteiger partial charge in [-0.1, -0.05) is 36.4 Å². The highest BCUT2D eigenvalue weighted by Gasteiger charge is 2.41. The molecule has 47 heavy (non-hydrogen) atoms. The molecule has 0 saturated carbocycles. The molecule has 0 aliphatic carbocycles. The van der Waals surface area contributed by atoms with E-state index in [0.717, 1.165) is 34.0 Å². The van der Waals surface area contributed by atoms with Crippen molar-refractivity contribution in [1.29, 1.82) is 0 Å². The first-order valence-electron chi connectivity index (χ1n) is 14.4. The van der Waals surface area contributed by atoms with Gasteiger partial charge in [-0.15, -0.1) is 5.10 Å². The number of nitro groups is 1. The van der Waals surface area contributed by atoms with Crippen LogP contribution in [0, 0.1) is 37.8 Å². The van der Waals surface area contributed by atoms with Crippen LogP contribution in [0.1, 0.15) is 27.8 Å². The number of aryl methyl sites for hydroxylation is 4. The summed E-state index contributed by atoms with van der Waals surface area (Å²) >= 11 is 6.83. The minimum absolute atomic E-state index is 0.0148. The molecular weight excluding hydrogens is 635 g/mol. The minimum Gasteiger partial charge on any atom is -0.268 e. The SMILES string of the molecule is Cc1cc(C)cc(N2C(=O)C(=Cc3ccc(Sc4nnnn4-c4ccccc4)c([N+](=O)[O-])c3)C(=O)N(c3cc(C)cc(C)c3)C2=S)c1. The predicted octanol–water partition coefficient (Wildman–Crippen LogP) is 6.70. The van der Waals surface area contributed by atoms with Crippen LogP contribution in [0.4, 0.5) is 17.1 Å². The third-order valence-electron chi connectivity index (χ3n) is 7.31. The van der Waals surface area contributed by atoms with Gasteiger partial charge < -0.3 is 0 Å². The fraction of sp³-hybridized carbons (Fsp3) is 0.118. The van der Waals surface area contributed by atoms with Crippen LogP contribution >= 0.6 is 24.0 Å². The van der Waals surface area contributed by atoms with Gasteiger partial charge >= 0.3 is 0 Å². The number of nitrogens with zero attached hydrogens (tertiary/aromatic N) is 7. The first-order chi connectivity index (χ1) is 22.5. The van der Waals surface area contributed by atoms with E-state index in [9.17, 15) is 19.7 Å². The quantitative estimate of drug-likeness (QED) is 0.0615. The molecule has 0 radical (unpaired) electrons. The Morgan fingerprint density at radius 3 is 1.85 bits per heavy atom. The summed E-state index contributed by atoms with van der Waals surface area (Å²) in [4.78, 5) is 42.9.